The maximum Gasteiger partial charge on any atom is 0.273 e. The number of thiophene rings is 1. The lowest BCUT2D eigenvalue weighted by Gasteiger charge is -2.08. The molecule has 0 saturated heterocycles. The number of pyridine rings is 1. The van der Waals surface area contributed by atoms with E-state index < -0.39 is 0 Å². The minimum absolute atomic E-state index is 0.225. The molecule has 0 fully saturated rings. The van der Waals surface area contributed by atoms with E-state index in [2.05, 4.69) is 20.8 Å². The molecule has 0 aliphatic rings. The van der Waals surface area contributed by atoms with Crippen LogP contribution in [0.4, 0.5) is 0 Å². The van der Waals surface area contributed by atoms with Crippen molar-refractivity contribution in [3.05, 3.63) is 53.2 Å². The summed E-state index contributed by atoms with van der Waals surface area (Å²) in [6, 6.07) is 8.71. The number of aromatic nitrogens is 2. The maximum atomic E-state index is 12.1. The molecule has 2 N–H and O–H groups in total. The molecule has 0 spiro atoms. The summed E-state index contributed by atoms with van der Waals surface area (Å²) in [5.41, 5.74) is 0.593. The second kappa shape index (κ2) is 8.95. The van der Waals surface area contributed by atoms with E-state index >= 15 is 0 Å². The number of amides is 2. The molecule has 3 aromatic heterocycles. The smallest absolute Gasteiger partial charge is 0.273 e. The molecule has 27 heavy (non-hydrogen) atoms. The van der Waals surface area contributed by atoms with E-state index in [1.54, 1.807) is 24.4 Å². The third-order valence-electron chi connectivity index (χ3n) is 3.64. The highest BCUT2D eigenvalue weighted by Crippen LogP contribution is 2.25. The Morgan fingerprint density at radius 1 is 1.19 bits per heavy atom. The van der Waals surface area contributed by atoms with Crippen LogP contribution in [-0.4, -0.2) is 42.2 Å². The van der Waals surface area contributed by atoms with Gasteiger partial charge in [0, 0.05) is 25.4 Å². The number of nitrogens with zero attached hydrogens (tertiary/aromatic N) is 2. The van der Waals surface area contributed by atoms with Crippen molar-refractivity contribution in [2.75, 3.05) is 20.2 Å². The molecule has 0 radical (unpaired) electrons. The van der Waals surface area contributed by atoms with Crippen molar-refractivity contribution in [3.63, 3.8) is 0 Å². The van der Waals surface area contributed by atoms with Crippen LogP contribution >= 0.6 is 11.3 Å². The van der Waals surface area contributed by atoms with E-state index in [1.165, 1.54) is 18.4 Å². The normalized spacial score (nSPS) is 10.4. The zero-order chi connectivity index (χ0) is 19.1. The average Bonchev–Trinajstić information content (AvgIpc) is 3.38. The van der Waals surface area contributed by atoms with Crippen LogP contribution in [-0.2, 0) is 0 Å². The van der Waals surface area contributed by atoms with Crippen LogP contribution in [0.2, 0.25) is 0 Å². The fraction of sp³-hybridized carbons (Fsp3) is 0.222. The van der Waals surface area contributed by atoms with Crippen LogP contribution in [0.1, 0.15) is 27.3 Å². The quantitative estimate of drug-likeness (QED) is 0.576. The van der Waals surface area contributed by atoms with Gasteiger partial charge in [0.25, 0.3) is 11.8 Å². The summed E-state index contributed by atoms with van der Waals surface area (Å²) >= 11 is 1.51. The van der Waals surface area contributed by atoms with Crippen molar-refractivity contribution in [2.24, 2.45) is 0 Å². The van der Waals surface area contributed by atoms with Gasteiger partial charge in [-0.25, -0.2) is 4.98 Å². The van der Waals surface area contributed by atoms with Gasteiger partial charge in [-0.1, -0.05) is 11.2 Å². The fourth-order valence-electron chi connectivity index (χ4n) is 2.32. The number of hydrogen-bond donors (Lipinski definition) is 2. The van der Waals surface area contributed by atoms with E-state index in [4.69, 9.17) is 9.26 Å². The zero-order valence-corrected chi connectivity index (χ0v) is 15.4. The van der Waals surface area contributed by atoms with Gasteiger partial charge < -0.3 is 19.9 Å². The Kier molecular flexibility index (Phi) is 6.16. The van der Waals surface area contributed by atoms with Gasteiger partial charge in [0.1, 0.15) is 5.56 Å². The molecule has 3 rings (SSSR count). The molecule has 0 atom stereocenters. The van der Waals surface area contributed by atoms with Crippen molar-refractivity contribution in [1.82, 2.24) is 20.8 Å². The molecule has 0 unspecified atom stereocenters. The number of carbonyl (C=O) groups excluding carboxylic acids is 2. The van der Waals surface area contributed by atoms with E-state index in [1.807, 2.05) is 17.5 Å². The zero-order valence-electron chi connectivity index (χ0n) is 14.6. The molecule has 9 heteroatoms. The number of hydrogen-bond acceptors (Lipinski definition) is 7. The van der Waals surface area contributed by atoms with Crippen LogP contribution in [0, 0.1) is 0 Å². The molecule has 0 aliphatic carbocycles. The molecule has 0 bridgehead atoms. The number of ether oxygens (including phenoxy) is 1. The minimum atomic E-state index is -0.318. The molecule has 0 aromatic carbocycles. The Morgan fingerprint density at radius 2 is 2.00 bits per heavy atom. The first-order chi connectivity index (χ1) is 13.2. The lowest BCUT2D eigenvalue weighted by molar-refractivity contribution is 0.0944. The molecule has 8 nitrogen and oxygen atoms in total. The van der Waals surface area contributed by atoms with Gasteiger partial charge in [-0.15, -0.1) is 11.3 Å². The molecule has 140 valence electrons. The Labute approximate surface area is 159 Å². The van der Waals surface area contributed by atoms with Crippen molar-refractivity contribution in [3.8, 4) is 16.5 Å². The third-order valence-corrected chi connectivity index (χ3v) is 4.53. The van der Waals surface area contributed by atoms with Crippen LogP contribution in [0.5, 0.6) is 5.88 Å². The summed E-state index contributed by atoms with van der Waals surface area (Å²) in [6.07, 6.45) is 2.12. The van der Waals surface area contributed by atoms with Crippen LogP contribution in [0.25, 0.3) is 10.6 Å². The summed E-state index contributed by atoms with van der Waals surface area (Å²) in [4.78, 5) is 29.1. The van der Waals surface area contributed by atoms with Gasteiger partial charge in [-0.2, -0.15) is 0 Å². The van der Waals surface area contributed by atoms with Gasteiger partial charge in [0.05, 0.1) is 12.0 Å². The lowest BCUT2D eigenvalue weighted by Crippen LogP contribution is -2.30. The van der Waals surface area contributed by atoms with Crippen molar-refractivity contribution < 1.29 is 18.8 Å². The van der Waals surface area contributed by atoms with Crippen LogP contribution < -0.4 is 15.4 Å². The largest absolute Gasteiger partial charge is 0.480 e. The second-order valence-corrected chi connectivity index (χ2v) is 6.43. The van der Waals surface area contributed by atoms with Gasteiger partial charge in [0.15, 0.2) is 11.5 Å². The standard InChI is InChI=1S/C18H18N4O4S/c1-25-18-12(5-2-7-21-18)16(23)19-8-4-9-20-17(24)13-11-14(26-22-13)15-6-3-10-27-15/h2-3,5-7,10-11H,4,8-9H2,1H3,(H,19,23)(H,20,24). The summed E-state index contributed by atoms with van der Waals surface area (Å²) in [6.45, 7) is 0.793. The monoisotopic (exact) mass is 386 g/mol. The molecule has 2 amide bonds. The molecule has 0 saturated carbocycles. The first kappa shape index (κ1) is 18.6. The number of nitrogens with one attached hydrogen (secondary N) is 2. The molecule has 0 aliphatic heterocycles. The van der Waals surface area contributed by atoms with Crippen molar-refractivity contribution in [1.29, 1.82) is 0 Å². The third kappa shape index (κ3) is 4.70. The first-order valence-electron chi connectivity index (χ1n) is 8.25. The van der Waals surface area contributed by atoms with Gasteiger partial charge in [-0.05, 0) is 30.0 Å². The average molecular weight is 386 g/mol. The highest BCUT2D eigenvalue weighted by Gasteiger charge is 2.14. The Balaban J connectivity index is 1.41. The molecule has 3 heterocycles. The van der Waals surface area contributed by atoms with Gasteiger partial charge in [-0.3, -0.25) is 9.59 Å². The fourth-order valence-corrected chi connectivity index (χ4v) is 2.99. The van der Waals surface area contributed by atoms with E-state index in [9.17, 15) is 9.59 Å². The van der Waals surface area contributed by atoms with Gasteiger partial charge in [0.2, 0.25) is 5.88 Å². The number of carbonyl (C=O) groups is 2. The van der Waals surface area contributed by atoms with E-state index in [0.717, 1.165) is 4.88 Å². The Hall–Kier alpha value is -3.20. The highest BCUT2D eigenvalue weighted by atomic mass is 32.1. The Morgan fingerprint density at radius 3 is 2.74 bits per heavy atom. The topological polar surface area (TPSA) is 106 Å². The molecule has 3 aromatic rings. The van der Waals surface area contributed by atoms with E-state index in [0.29, 0.717) is 30.8 Å². The summed E-state index contributed by atoms with van der Waals surface area (Å²) in [5, 5.41) is 11.2. The lowest BCUT2D eigenvalue weighted by atomic mass is 10.2. The predicted octanol–water partition coefficient (Wildman–Crippen LogP) is 2.36. The first-order valence-corrected chi connectivity index (χ1v) is 9.13. The summed E-state index contributed by atoms with van der Waals surface area (Å²) in [5.74, 6) is 0.244. The summed E-state index contributed by atoms with van der Waals surface area (Å²) < 4.78 is 10.2. The highest BCUT2D eigenvalue weighted by molar-refractivity contribution is 7.13. The second-order valence-electron chi connectivity index (χ2n) is 5.48. The predicted molar refractivity (Wildman–Crippen MR) is 99.9 cm³/mol. The van der Waals surface area contributed by atoms with Crippen molar-refractivity contribution >= 4 is 23.2 Å². The maximum absolute atomic E-state index is 12.1. The van der Waals surface area contributed by atoms with Crippen LogP contribution in [0.3, 0.4) is 0 Å². The number of rotatable bonds is 8. The molecular weight excluding hydrogens is 368 g/mol. The van der Waals surface area contributed by atoms with Crippen molar-refractivity contribution in [2.45, 2.75) is 6.42 Å². The number of methoxy groups -OCH3 is 1. The van der Waals surface area contributed by atoms with Gasteiger partial charge >= 0.3 is 0 Å². The summed E-state index contributed by atoms with van der Waals surface area (Å²) in [7, 11) is 1.46. The van der Waals surface area contributed by atoms with E-state index in [-0.39, 0.29) is 23.4 Å². The van der Waals surface area contributed by atoms with Crippen LogP contribution in [0.15, 0.2) is 46.4 Å². The SMILES string of the molecule is COc1ncccc1C(=O)NCCCNC(=O)c1cc(-c2cccs2)on1. The minimum Gasteiger partial charge on any atom is -0.480 e. The Bertz CT molecular complexity index is 908. The molecular formula is C18H18N4O4S.